The summed E-state index contributed by atoms with van der Waals surface area (Å²) in [5, 5.41) is 2.64. The Hall–Kier alpha value is -1.23. The summed E-state index contributed by atoms with van der Waals surface area (Å²) in [4.78, 5) is 11.5. The monoisotopic (exact) mass is 301 g/mol. The van der Waals surface area contributed by atoms with Gasteiger partial charge in [0.1, 0.15) is 11.4 Å². The molecular weight excluding hydrogens is 286 g/mol. The predicted octanol–water partition coefficient (Wildman–Crippen LogP) is 3.80. The number of carbonyl (C=O) groups is 1. The van der Waals surface area contributed by atoms with E-state index in [9.17, 15) is 4.79 Å². The molecule has 0 heterocycles. The Morgan fingerprint density at radius 2 is 2.00 bits per heavy atom. The molecule has 0 aliphatic carbocycles. The van der Waals surface area contributed by atoms with Crippen molar-refractivity contribution in [3.63, 3.8) is 0 Å². The Labute approximate surface area is 109 Å². The number of halogens is 1. The molecule has 0 saturated heterocycles. The normalized spacial score (nSPS) is 10.9. The van der Waals surface area contributed by atoms with E-state index in [0.717, 1.165) is 4.47 Å². The summed E-state index contributed by atoms with van der Waals surface area (Å²) < 4.78 is 11.0. The molecule has 0 aliphatic rings. The Bertz CT molecular complexity index is 413. The molecule has 0 unspecified atom stereocenters. The van der Waals surface area contributed by atoms with Gasteiger partial charge in [0.25, 0.3) is 0 Å². The topological polar surface area (TPSA) is 47.6 Å². The lowest BCUT2D eigenvalue weighted by atomic mass is 10.2. The van der Waals surface area contributed by atoms with Gasteiger partial charge in [0.05, 0.1) is 11.6 Å². The highest BCUT2D eigenvalue weighted by atomic mass is 79.9. The van der Waals surface area contributed by atoms with Gasteiger partial charge in [0.2, 0.25) is 0 Å². The molecular formula is C12H16BrNO3. The van der Waals surface area contributed by atoms with Gasteiger partial charge in [-0.1, -0.05) is 0 Å². The molecule has 0 atom stereocenters. The molecule has 1 rings (SSSR count). The molecule has 1 amide bonds. The summed E-state index contributed by atoms with van der Waals surface area (Å²) in [6.07, 6.45) is -0.477. The molecule has 17 heavy (non-hydrogen) atoms. The van der Waals surface area contributed by atoms with E-state index in [0.29, 0.717) is 11.4 Å². The maximum absolute atomic E-state index is 11.5. The molecule has 1 aromatic carbocycles. The van der Waals surface area contributed by atoms with Crippen LogP contribution < -0.4 is 10.1 Å². The van der Waals surface area contributed by atoms with Gasteiger partial charge in [-0.25, -0.2) is 4.79 Å². The fraction of sp³-hybridized carbons (Fsp3) is 0.417. The quantitative estimate of drug-likeness (QED) is 0.903. The van der Waals surface area contributed by atoms with Crippen LogP contribution in [-0.2, 0) is 4.74 Å². The Balaban J connectivity index is 2.69. The van der Waals surface area contributed by atoms with Gasteiger partial charge < -0.3 is 9.47 Å². The van der Waals surface area contributed by atoms with Crippen LogP contribution in [-0.4, -0.2) is 18.8 Å². The van der Waals surface area contributed by atoms with Crippen molar-refractivity contribution in [1.82, 2.24) is 0 Å². The zero-order valence-electron chi connectivity index (χ0n) is 10.3. The largest absolute Gasteiger partial charge is 0.496 e. The molecule has 0 spiro atoms. The summed E-state index contributed by atoms with van der Waals surface area (Å²) in [7, 11) is 1.58. The number of amides is 1. The number of ether oxygens (including phenoxy) is 2. The van der Waals surface area contributed by atoms with Crippen LogP contribution in [0.3, 0.4) is 0 Å². The van der Waals surface area contributed by atoms with E-state index in [2.05, 4.69) is 21.2 Å². The van der Waals surface area contributed by atoms with Crippen molar-refractivity contribution in [3.8, 4) is 5.75 Å². The van der Waals surface area contributed by atoms with Crippen LogP contribution in [0.4, 0.5) is 10.5 Å². The second kappa shape index (κ2) is 5.40. The molecule has 0 fully saturated rings. The van der Waals surface area contributed by atoms with Crippen LogP contribution in [0.15, 0.2) is 22.7 Å². The number of anilines is 1. The Morgan fingerprint density at radius 3 is 2.47 bits per heavy atom. The third-order valence-electron chi connectivity index (χ3n) is 1.80. The summed E-state index contributed by atoms with van der Waals surface area (Å²) in [5.74, 6) is 0.708. The smallest absolute Gasteiger partial charge is 0.412 e. The van der Waals surface area contributed by atoms with Crippen molar-refractivity contribution in [2.75, 3.05) is 12.4 Å². The van der Waals surface area contributed by atoms with Crippen molar-refractivity contribution < 1.29 is 14.3 Å². The van der Waals surface area contributed by atoms with Gasteiger partial charge in [-0.15, -0.1) is 0 Å². The van der Waals surface area contributed by atoms with Crippen LogP contribution in [0.5, 0.6) is 5.75 Å². The minimum Gasteiger partial charge on any atom is -0.496 e. The molecule has 0 aliphatic heterocycles. The average Bonchev–Trinajstić information content (AvgIpc) is 2.14. The number of methoxy groups -OCH3 is 1. The van der Waals surface area contributed by atoms with Crippen molar-refractivity contribution in [3.05, 3.63) is 22.7 Å². The van der Waals surface area contributed by atoms with Gasteiger partial charge in [-0.3, -0.25) is 5.32 Å². The second-order valence-electron chi connectivity index (χ2n) is 4.48. The van der Waals surface area contributed by atoms with Gasteiger partial charge in [-0.05, 0) is 54.9 Å². The standard InChI is InChI=1S/C12H16BrNO3/c1-12(2,3)17-11(15)14-8-5-6-10(16-4)9(13)7-8/h5-7H,1-4H3,(H,14,15). The first-order valence-electron chi connectivity index (χ1n) is 5.15. The van der Waals surface area contributed by atoms with Gasteiger partial charge in [0, 0.05) is 5.69 Å². The first-order chi connectivity index (χ1) is 7.81. The molecule has 4 nitrogen and oxygen atoms in total. The van der Waals surface area contributed by atoms with Gasteiger partial charge in [0.15, 0.2) is 0 Å². The fourth-order valence-electron chi connectivity index (χ4n) is 1.17. The van der Waals surface area contributed by atoms with Crippen molar-refractivity contribution in [2.45, 2.75) is 26.4 Å². The summed E-state index contributed by atoms with van der Waals surface area (Å²) >= 11 is 3.34. The zero-order chi connectivity index (χ0) is 13.1. The van der Waals surface area contributed by atoms with Crippen molar-refractivity contribution >= 4 is 27.7 Å². The number of hydrogen-bond donors (Lipinski definition) is 1. The number of benzene rings is 1. The van der Waals surface area contributed by atoms with E-state index in [1.807, 2.05) is 20.8 Å². The summed E-state index contributed by atoms with van der Waals surface area (Å²) in [5.41, 5.74) is 0.139. The number of rotatable bonds is 2. The lowest BCUT2D eigenvalue weighted by Crippen LogP contribution is -2.27. The second-order valence-corrected chi connectivity index (χ2v) is 5.33. The molecule has 0 saturated carbocycles. The lowest BCUT2D eigenvalue weighted by molar-refractivity contribution is 0.0636. The van der Waals surface area contributed by atoms with Crippen LogP contribution in [0.1, 0.15) is 20.8 Å². The van der Waals surface area contributed by atoms with Gasteiger partial charge in [-0.2, -0.15) is 0 Å². The third-order valence-corrected chi connectivity index (χ3v) is 2.42. The Morgan fingerprint density at radius 1 is 1.35 bits per heavy atom. The molecule has 0 aromatic heterocycles. The third kappa shape index (κ3) is 4.65. The first-order valence-corrected chi connectivity index (χ1v) is 5.94. The SMILES string of the molecule is COc1ccc(NC(=O)OC(C)(C)C)cc1Br. The predicted molar refractivity (Wildman–Crippen MR) is 70.6 cm³/mol. The molecule has 0 bridgehead atoms. The van der Waals surface area contributed by atoms with E-state index in [1.165, 1.54) is 0 Å². The van der Waals surface area contributed by atoms with Crippen molar-refractivity contribution in [2.24, 2.45) is 0 Å². The van der Waals surface area contributed by atoms with E-state index in [4.69, 9.17) is 9.47 Å². The summed E-state index contributed by atoms with van der Waals surface area (Å²) in [6.45, 7) is 5.45. The fourth-order valence-corrected chi connectivity index (χ4v) is 1.71. The van der Waals surface area contributed by atoms with E-state index in [-0.39, 0.29) is 0 Å². The van der Waals surface area contributed by atoms with E-state index >= 15 is 0 Å². The van der Waals surface area contributed by atoms with Crippen molar-refractivity contribution in [1.29, 1.82) is 0 Å². The minimum atomic E-state index is -0.506. The molecule has 1 N–H and O–H groups in total. The number of hydrogen-bond acceptors (Lipinski definition) is 3. The highest BCUT2D eigenvalue weighted by Gasteiger charge is 2.16. The molecule has 5 heteroatoms. The number of carbonyl (C=O) groups excluding carboxylic acids is 1. The van der Waals surface area contributed by atoms with Crippen LogP contribution in [0.25, 0.3) is 0 Å². The highest BCUT2D eigenvalue weighted by molar-refractivity contribution is 9.10. The zero-order valence-corrected chi connectivity index (χ0v) is 11.9. The number of nitrogens with one attached hydrogen (secondary N) is 1. The van der Waals surface area contributed by atoms with Crippen LogP contribution in [0.2, 0.25) is 0 Å². The lowest BCUT2D eigenvalue weighted by Gasteiger charge is -2.19. The Kier molecular flexibility index (Phi) is 4.40. The maximum Gasteiger partial charge on any atom is 0.412 e. The van der Waals surface area contributed by atoms with Crippen LogP contribution >= 0.6 is 15.9 Å². The van der Waals surface area contributed by atoms with Crippen LogP contribution in [0, 0.1) is 0 Å². The highest BCUT2D eigenvalue weighted by Crippen LogP contribution is 2.27. The van der Waals surface area contributed by atoms with E-state index in [1.54, 1.807) is 25.3 Å². The van der Waals surface area contributed by atoms with Gasteiger partial charge >= 0.3 is 6.09 Å². The van der Waals surface area contributed by atoms with E-state index < -0.39 is 11.7 Å². The summed E-state index contributed by atoms with van der Waals surface area (Å²) in [6, 6.07) is 5.26. The molecule has 94 valence electrons. The molecule has 0 radical (unpaired) electrons. The average molecular weight is 302 g/mol. The maximum atomic E-state index is 11.5. The first kappa shape index (κ1) is 13.8. The minimum absolute atomic E-state index is 0.477. The molecule has 1 aromatic rings.